The van der Waals surface area contributed by atoms with Crippen LogP contribution in [0.3, 0.4) is 0 Å². The Labute approximate surface area is 88.5 Å². The molecular formula is C12H25NO. The van der Waals surface area contributed by atoms with Gasteiger partial charge < -0.3 is 10.5 Å². The fourth-order valence-corrected chi connectivity index (χ4v) is 1.46. The maximum atomic E-state index is 5.83. The zero-order valence-corrected chi connectivity index (χ0v) is 9.50. The largest absolute Gasteiger partial charge is 0.500 e. The van der Waals surface area contributed by atoms with E-state index in [2.05, 4.69) is 13.5 Å². The molecule has 0 spiro atoms. The van der Waals surface area contributed by atoms with E-state index < -0.39 is 0 Å². The van der Waals surface area contributed by atoms with Crippen molar-refractivity contribution in [3.8, 4) is 0 Å². The van der Waals surface area contributed by atoms with Gasteiger partial charge in [0.2, 0.25) is 0 Å². The number of nitrogens with two attached hydrogens (primary N) is 1. The van der Waals surface area contributed by atoms with E-state index in [0.29, 0.717) is 6.61 Å². The van der Waals surface area contributed by atoms with Gasteiger partial charge in [0.25, 0.3) is 0 Å². The molecule has 0 heterocycles. The van der Waals surface area contributed by atoms with Crippen molar-refractivity contribution in [1.82, 2.24) is 0 Å². The van der Waals surface area contributed by atoms with Crippen molar-refractivity contribution in [3.63, 3.8) is 0 Å². The van der Waals surface area contributed by atoms with Gasteiger partial charge in [0.1, 0.15) is 6.61 Å². The maximum Gasteiger partial charge on any atom is 0.102 e. The van der Waals surface area contributed by atoms with Crippen LogP contribution >= 0.6 is 0 Å². The second kappa shape index (κ2) is 10.6. The van der Waals surface area contributed by atoms with Crippen molar-refractivity contribution < 1.29 is 4.74 Å². The van der Waals surface area contributed by atoms with Crippen LogP contribution in [0.2, 0.25) is 0 Å². The van der Waals surface area contributed by atoms with Crippen LogP contribution in [0.4, 0.5) is 0 Å². The van der Waals surface area contributed by atoms with E-state index in [4.69, 9.17) is 10.5 Å². The summed E-state index contributed by atoms with van der Waals surface area (Å²) in [5, 5.41) is 0. The van der Waals surface area contributed by atoms with Gasteiger partial charge in [-0.2, -0.15) is 0 Å². The van der Waals surface area contributed by atoms with Crippen LogP contribution in [0, 0.1) is 0 Å². The average Bonchev–Trinajstić information content (AvgIpc) is 2.20. The Balaban J connectivity index is 3.06. The Hall–Kier alpha value is -0.500. The van der Waals surface area contributed by atoms with Gasteiger partial charge in [0.15, 0.2) is 0 Å². The summed E-state index contributed by atoms with van der Waals surface area (Å²) in [6, 6.07) is 0.180. The van der Waals surface area contributed by atoms with E-state index in [9.17, 15) is 0 Å². The fourth-order valence-electron chi connectivity index (χ4n) is 1.46. The standard InChI is InChI=1S/C12H25NO/c1-3-5-6-7-8-9-10-12(13)11-14-4-2/h4,12H,2-3,5-11,13H2,1H3. The van der Waals surface area contributed by atoms with Crippen molar-refractivity contribution in [2.24, 2.45) is 5.73 Å². The molecule has 0 aromatic carbocycles. The van der Waals surface area contributed by atoms with Crippen molar-refractivity contribution >= 4 is 0 Å². The lowest BCUT2D eigenvalue weighted by molar-refractivity contribution is 0.221. The molecule has 0 fully saturated rings. The highest BCUT2D eigenvalue weighted by Gasteiger charge is 2.01. The summed E-state index contributed by atoms with van der Waals surface area (Å²) in [4.78, 5) is 0. The molecule has 0 saturated carbocycles. The predicted molar refractivity (Wildman–Crippen MR) is 62.1 cm³/mol. The summed E-state index contributed by atoms with van der Waals surface area (Å²) in [5.41, 5.74) is 5.83. The maximum absolute atomic E-state index is 5.83. The Kier molecular flexibility index (Phi) is 10.2. The summed E-state index contributed by atoms with van der Waals surface area (Å²) in [5.74, 6) is 0. The van der Waals surface area contributed by atoms with Crippen molar-refractivity contribution in [2.45, 2.75) is 57.9 Å². The minimum atomic E-state index is 0.180. The highest BCUT2D eigenvalue weighted by molar-refractivity contribution is 4.62. The van der Waals surface area contributed by atoms with Crippen LogP contribution < -0.4 is 5.73 Å². The highest BCUT2D eigenvalue weighted by atomic mass is 16.5. The molecule has 0 aromatic rings. The van der Waals surface area contributed by atoms with Crippen LogP contribution in [-0.2, 0) is 4.74 Å². The molecule has 1 unspecified atom stereocenters. The Morgan fingerprint density at radius 1 is 1.21 bits per heavy atom. The first-order valence-electron chi connectivity index (χ1n) is 5.79. The van der Waals surface area contributed by atoms with Gasteiger partial charge >= 0.3 is 0 Å². The molecule has 0 amide bonds. The van der Waals surface area contributed by atoms with Crippen molar-refractivity contribution in [2.75, 3.05) is 6.61 Å². The smallest absolute Gasteiger partial charge is 0.102 e. The normalized spacial score (nSPS) is 12.4. The molecule has 2 nitrogen and oxygen atoms in total. The van der Waals surface area contributed by atoms with Crippen LogP contribution in [0.1, 0.15) is 51.9 Å². The predicted octanol–water partition coefficient (Wildman–Crippen LogP) is 3.22. The van der Waals surface area contributed by atoms with E-state index in [1.54, 1.807) is 0 Å². The lowest BCUT2D eigenvalue weighted by atomic mass is 10.1. The SMILES string of the molecule is C=COCC(N)CCCCCCCC. The van der Waals surface area contributed by atoms with E-state index in [1.165, 1.54) is 44.8 Å². The second-order valence-electron chi connectivity index (χ2n) is 3.82. The quantitative estimate of drug-likeness (QED) is 0.433. The molecule has 0 aromatic heterocycles. The third kappa shape index (κ3) is 9.59. The average molecular weight is 199 g/mol. The summed E-state index contributed by atoms with van der Waals surface area (Å²) in [6.45, 7) is 6.33. The molecule has 14 heavy (non-hydrogen) atoms. The monoisotopic (exact) mass is 199 g/mol. The molecule has 0 aliphatic carbocycles. The zero-order valence-electron chi connectivity index (χ0n) is 9.50. The first-order valence-corrected chi connectivity index (χ1v) is 5.79. The first-order chi connectivity index (χ1) is 6.81. The molecule has 0 bridgehead atoms. The van der Waals surface area contributed by atoms with Gasteiger partial charge in [-0.1, -0.05) is 52.0 Å². The van der Waals surface area contributed by atoms with Crippen molar-refractivity contribution in [3.05, 3.63) is 12.8 Å². The second-order valence-corrected chi connectivity index (χ2v) is 3.82. The van der Waals surface area contributed by atoms with Crippen LogP contribution in [-0.4, -0.2) is 12.6 Å². The minimum absolute atomic E-state index is 0.180. The van der Waals surface area contributed by atoms with Gasteiger partial charge in [-0.3, -0.25) is 0 Å². The molecule has 0 aliphatic rings. The van der Waals surface area contributed by atoms with Gasteiger partial charge in [0, 0.05) is 6.04 Å². The van der Waals surface area contributed by atoms with E-state index >= 15 is 0 Å². The number of rotatable bonds is 10. The molecule has 84 valence electrons. The molecule has 0 rings (SSSR count). The summed E-state index contributed by atoms with van der Waals surface area (Å²) in [7, 11) is 0. The van der Waals surface area contributed by atoms with E-state index in [1.807, 2.05) is 0 Å². The molecule has 0 radical (unpaired) electrons. The van der Waals surface area contributed by atoms with Gasteiger partial charge in [-0.05, 0) is 6.42 Å². The third-order valence-electron chi connectivity index (χ3n) is 2.36. The number of ether oxygens (including phenoxy) is 1. The number of unbranched alkanes of at least 4 members (excludes halogenated alkanes) is 5. The number of hydrogen-bond donors (Lipinski definition) is 1. The number of hydrogen-bond acceptors (Lipinski definition) is 2. The summed E-state index contributed by atoms with van der Waals surface area (Å²) >= 11 is 0. The minimum Gasteiger partial charge on any atom is -0.500 e. The fraction of sp³-hybridized carbons (Fsp3) is 0.833. The third-order valence-corrected chi connectivity index (χ3v) is 2.36. The van der Waals surface area contributed by atoms with Gasteiger partial charge in [0.05, 0.1) is 6.26 Å². The topological polar surface area (TPSA) is 35.2 Å². The van der Waals surface area contributed by atoms with Crippen LogP contribution in [0.25, 0.3) is 0 Å². The zero-order chi connectivity index (χ0) is 10.6. The summed E-state index contributed by atoms with van der Waals surface area (Å²) < 4.78 is 5.03. The molecule has 2 heteroatoms. The Morgan fingerprint density at radius 3 is 2.50 bits per heavy atom. The Bertz CT molecular complexity index is 125. The summed E-state index contributed by atoms with van der Waals surface area (Å²) in [6.07, 6.45) is 10.5. The Morgan fingerprint density at radius 2 is 1.86 bits per heavy atom. The lowest BCUT2D eigenvalue weighted by Crippen LogP contribution is -2.24. The van der Waals surface area contributed by atoms with E-state index in [-0.39, 0.29) is 6.04 Å². The van der Waals surface area contributed by atoms with Gasteiger partial charge in [-0.25, -0.2) is 0 Å². The lowest BCUT2D eigenvalue weighted by Gasteiger charge is -2.10. The molecule has 2 N–H and O–H groups in total. The first kappa shape index (κ1) is 13.5. The highest BCUT2D eigenvalue weighted by Crippen LogP contribution is 2.07. The van der Waals surface area contributed by atoms with Crippen LogP contribution in [0.15, 0.2) is 12.8 Å². The van der Waals surface area contributed by atoms with Gasteiger partial charge in [-0.15, -0.1) is 0 Å². The molecule has 1 atom stereocenters. The van der Waals surface area contributed by atoms with Crippen molar-refractivity contribution in [1.29, 1.82) is 0 Å². The van der Waals surface area contributed by atoms with Crippen LogP contribution in [0.5, 0.6) is 0 Å². The molecule has 0 aliphatic heterocycles. The van der Waals surface area contributed by atoms with E-state index in [0.717, 1.165) is 6.42 Å². The molecule has 0 saturated heterocycles. The molecular weight excluding hydrogens is 174 g/mol.